The zero-order valence-corrected chi connectivity index (χ0v) is 6.94. The van der Waals surface area contributed by atoms with Crippen molar-refractivity contribution in [1.82, 2.24) is 5.32 Å². The molecule has 0 saturated heterocycles. The Balaban J connectivity index is 2.38. The Morgan fingerprint density at radius 1 is 1.50 bits per heavy atom. The minimum Gasteiger partial charge on any atom is -0.381 e. The van der Waals surface area contributed by atoms with Gasteiger partial charge in [0, 0.05) is 12.3 Å². The Kier molecular flexibility index (Phi) is 2.02. The number of aliphatic imine (C=N–C) groups is 1. The van der Waals surface area contributed by atoms with E-state index < -0.39 is 0 Å². The van der Waals surface area contributed by atoms with E-state index in [1.54, 1.807) is 0 Å². The lowest BCUT2D eigenvalue weighted by Gasteiger charge is -2.15. The summed E-state index contributed by atoms with van der Waals surface area (Å²) >= 11 is 0. The fourth-order valence-corrected chi connectivity index (χ4v) is 0.923. The Hall–Kier alpha value is -0.465. The topological polar surface area (TPSA) is 24.4 Å². The molecule has 0 aliphatic carbocycles. The predicted molar refractivity (Wildman–Crippen MR) is 45.8 cm³/mol. The molecule has 0 spiro atoms. The first-order chi connectivity index (χ1) is 4.58. The molecular weight excluding hydrogens is 123 g/mol. The van der Waals surface area contributed by atoms with Crippen molar-refractivity contribution in [2.45, 2.75) is 26.1 Å². The molecular formula is C7H14BN2. The third-order valence-corrected chi connectivity index (χ3v) is 1.27. The van der Waals surface area contributed by atoms with Crippen molar-refractivity contribution >= 4 is 13.0 Å². The molecule has 0 amide bonds. The van der Waals surface area contributed by atoms with E-state index in [1.165, 1.54) is 0 Å². The van der Waals surface area contributed by atoms with Gasteiger partial charge in [-0.05, 0) is 0 Å². The van der Waals surface area contributed by atoms with Crippen molar-refractivity contribution < 1.29 is 0 Å². The molecule has 0 saturated carbocycles. The van der Waals surface area contributed by atoms with Crippen LogP contribution in [0.25, 0.3) is 0 Å². The summed E-state index contributed by atoms with van der Waals surface area (Å²) in [7, 11) is 2.17. The normalized spacial score (nSPS) is 18.1. The van der Waals surface area contributed by atoms with Gasteiger partial charge in [0.05, 0.1) is 6.54 Å². The van der Waals surface area contributed by atoms with Gasteiger partial charge in [0.2, 0.25) is 7.28 Å². The highest BCUT2D eigenvalue weighted by atomic mass is 15.0. The maximum Gasteiger partial charge on any atom is 0.206 e. The molecule has 1 aliphatic rings. The van der Waals surface area contributed by atoms with Gasteiger partial charge in [0.25, 0.3) is 0 Å². The quantitative estimate of drug-likeness (QED) is 0.532. The van der Waals surface area contributed by atoms with Crippen LogP contribution in [-0.2, 0) is 0 Å². The highest BCUT2D eigenvalue weighted by Crippen LogP contribution is 2.19. The molecule has 0 atom stereocenters. The van der Waals surface area contributed by atoms with Gasteiger partial charge in [-0.1, -0.05) is 26.1 Å². The Morgan fingerprint density at radius 2 is 2.20 bits per heavy atom. The van der Waals surface area contributed by atoms with Crippen molar-refractivity contribution in [2.24, 2.45) is 4.99 Å². The van der Waals surface area contributed by atoms with Crippen LogP contribution in [0.4, 0.5) is 0 Å². The molecule has 1 radical (unpaired) electrons. The van der Waals surface area contributed by atoms with Gasteiger partial charge < -0.3 is 5.32 Å². The Morgan fingerprint density at radius 3 is 2.60 bits per heavy atom. The molecule has 0 aromatic heterocycles. The summed E-state index contributed by atoms with van der Waals surface area (Å²) in [4.78, 5) is 4.27. The minimum absolute atomic E-state index is 0.246. The number of amidine groups is 1. The second-order valence-electron chi connectivity index (χ2n) is 3.70. The van der Waals surface area contributed by atoms with Crippen LogP contribution < -0.4 is 5.32 Å². The first kappa shape index (κ1) is 7.64. The zero-order valence-electron chi connectivity index (χ0n) is 6.94. The van der Waals surface area contributed by atoms with Crippen molar-refractivity contribution in [3.63, 3.8) is 0 Å². The van der Waals surface area contributed by atoms with E-state index in [4.69, 9.17) is 0 Å². The molecule has 1 rings (SSSR count). The zero-order chi connectivity index (χ0) is 7.61. The molecule has 1 heterocycles. The van der Waals surface area contributed by atoms with E-state index in [9.17, 15) is 0 Å². The van der Waals surface area contributed by atoms with Gasteiger partial charge in [-0.15, -0.1) is 0 Å². The highest BCUT2D eigenvalue weighted by molar-refractivity contribution is 6.77. The van der Waals surface area contributed by atoms with E-state index in [2.05, 4.69) is 38.4 Å². The number of nitrogens with one attached hydrogen (secondary N) is 1. The molecule has 0 unspecified atom stereocenters. The molecule has 1 aliphatic heterocycles. The maximum atomic E-state index is 4.27. The summed E-state index contributed by atoms with van der Waals surface area (Å²) in [5, 5.41) is 3.45. The fraction of sp³-hybridized carbons (Fsp3) is 0.857. The molecule has 0 fully saturated rings. The number of hydrogen-bond acceptors (Lipinski definition) is 2. The Bertz CT molecular complexity index is 146. The van der Waals surface area contributed by atoms with Gasteiger partial charge >= 0.3 is 0 Å². The van der Waals surface area contributed by atoms with Gasteiger partial charge in [-0.25, -0.2) is 0 Å². The summed E-state index contributed by atoms with van der Waals surface area (Å²) in [6.45, 7) is 8.46. The van der Waals surface area contributed by atoms with Crippen LogP contribution in [-0.4, -0.2) is 26.1 Å². The van der Waals surface area contributed by atoms with Gasteiger partial charge in [-0.2, -0.15) is 0 Å². The Labute approximate surface area is 63.4 Å². The summed E-state index contributed by atoms with van der Waals surface area (Å²) in [5.41, 5.74) is 1.06. The standard InChI is InChI=1S/C7H14BN2/c1-7(2,3)8-6-9-4-5-10-6/h4-5H2,1-3H3,(H,9,10). The average molecular weight is 137 g/mol. The second-order valence-corrected chi connectivity index (χ2v) is 3.70. The van der Waals surface area contributed by atoms with Crippen molar-refractivity contribution in [1.29, 1.82) is 0 Å². The first-order valence-corrected chi connectivity index (χ1v) is 3.72. The van der Waals surface area contributed by atoms with Crippen molar-refractivity contribution in [3.8, 4) is 0 Å². The van der Waals surface area contributed by atoms with Crippen LogP contribution in [0.1, 0.15) is 20.8 Å². The third-order valence-electron chi connectivity index (χ3n) is 1.27. The van der Waals surface area contributed by atoms with Gasteiger partial charge in [0.15, 0.2) is 0 Å². The molecule has 0 aromatic carbocycles. The summed E-state index contributed by atoms with van der Waals surface area (Å²) in [6, 6.07) is 0. The summed E-state index contributed by atoms with van der Waals surface area (Å²) in [5.74, 6) is 0. The van der Waals surface area contributed by atoms with Crippen LogP contribution >= 0.6 is 0 Å². The SMILES string of the molecule is CC(C)(C)[B]C1=NCCN1. The third kappa shape index (κ3) is 2.42. The first-order valence-electron chi connectivity index (χ1n) is 3.72. The van der Waals surface area contributed by atoms with Crippen LogP contribution in [0.2, 0.25) is 5.31 Å². The smallest absolute Gasteiger partial charge is 0.206 e. The molecule has 1 N–H and O–H groups in total. The number of hydrogen-bond donors (Lipinski definition) is 1. The van der Waals surface area contributed by atoms with Crippen LogP contribution in [0.15, 0.2) is 4.99 Å². The molecule has 0 bridgehead atoms. The second kappa shape index (κ2) is 2.65. The van der Waals surface area contributed by atoms with E-state index in [1.807, 2.05) is 0 Å². The van der Waals surface area contributed by atoms with Crippen LogP contribution in [0, 0.1) is 0 Å². The van der Waals surface area contributed by atoms with E-state index in [0.717, 1.165) is 18.8 Å². The number of nitrogens with zero attached hydrogens (tertiary/aromatic N) is 1. The lowest BCUT2D eigenvalue weighted by atomic mass is 9.54. The molecule has 55 valence electrons. The maximum absolute atomic E-state index is 4.27. The van der Waals surface area contributed by atoms with Gasteiger partial charge in [0.1, 0.15) is 0 Å². The van der Waals surface area contributed by atoms with Crippen molar-refractivity contribution in [3.05, 3.63) is 0 Å². The van der Waals surface area contributed by atoms with Crippen LogP contribution in [0.3, 0.4) is 0 Å². The van der Waals surface area contributed by atoms with Crippen molar-refractivity contribution in [2.75, 3.05) is 13.1 Å². The fourth-order valence-electron chi connectivity index (χ4n) is 0.923. The largest absolute Gasteiger partial charge is 0.381 e. The number of rotatable bonds is 1. The van der Waals surface area contributed by atoms with E-state index in [-0.39, 0.29) is 5.31 Å². The lowest BCUT2D eigenvalue weighted by molar-refractivity contribution is 0.760. The van der Waals surface area contributed by atoms with E-state index in [0.29, 0.717) is 0 Å². The molecule has 0 aromatic rings. The summed E-state index contributed by atoms with van der Waals surface area (Å²) < 4.78 is 0. The lowest BCUT2D eigenvalue weighted by Crippen LogP contribution is -2.29. The van der Waals surface area contributed by atoms with Gasteiger partial charge in [-0.3, -0.25) is 4.99 Å². The van der Waals surface area contributed by atoms with Crippen LogP contribution in [0.5, 0.6) is 0 Å². The highest BCUT2D eigenvalue weighted by Gasteiger charge is 2.17. The van der Waals surface area contributed by atoms with E-state index >= 15 is 0 Å². The molecule has 3 heteroatoms. The molecule has 2 nitrogen and oxygen atoms in total. The summed E-state index contributed by atoms with van der Waals surface area (Å²) in [6.07, 6.45) is 0. The predicted octanol–water partition coefficient (Wildman–Crippen LogP) is 0.868. The average Bonchev–Trinajstić information content (AvgIpc) is 2.12. The minimum atomic E-state index is 0.246. The molecule has 10 heavy (non-hydrogen) atoms. The monoisotopic (exact) mass is 137 g/mol.